The van der Waals surface area contributed by atoms with Crippen LogP contribution in [-0.2, 0) is 20.4 Å². The molecule has 2 amide bonds. The standard InChI is InChI=1S/C16H29N3O3S/c1-4-16(5-2)13-17(10-11-23(16)22)12-15(21)19-8-6-18(7-9-19)14(3)20/h4-13H2,1-3H3. The van der Waals surface area contributed by atoms with Crippen molar-refractivity contribution >= 4 is 22.6 Å². The maximum atomic E-state index is 12.5. The van der Waals surface area contributed by atoms with Crippen LogP contribution in [0.15, 0.2) is 0 Å². The molecule has 2 aliphatic rings. The maximum Gasteiger partial charge on any atom is 0.236 e. The van der Waals surface area contributed by atoms with E-state index in [1.807, 2.05) is 4.90 Å². The van der Waals surface area contributed by atoms with Gasteiger partial charge in [0.2, 0.25) is 11.8 Å². The first kappa shape index (κ1) is 18.4. The van der Waals surface area contributed by atoms with Crippen molar-refractivity contribution in [1.82, 2.24) is 14.7 Å². The van der Waals surface area contributed by atoms with Gasteiger partial charge in [0.25, 0.3) is 0 Å². The SMILES string of the molecule is CCC1(CC)CN(CC(=O)N2CCN(C(C)=O)CC2)CCS1=O. The van der Waals surface area contributed by atoms with E-state index in [1.54, 1.807) is 11.8 Å². The number of hydrogen-bond donors (Lipinski definition) is 0. The molecule has 0 aromatic heterocycles. The van der Waals surface area contributed by atoms with Crippen molar-refractivity contribution in [1.29, 1.82) is 0 Å². The third kappa shape index (κ3) is 4.12. The third-order valence-electron chi connectivity index (χ3n) is 5.31. The zero-order valence-electron chi connectivity index (χ0n) is 14.5. The summed E-state index contributed by atoms with van der Waals surface area (Å²) in [6.07, 6.45) is 1.77. The van der Waals surface area contributed by atoms with Crippen LogP contribution >= 0.6 is 0 Å². The number of carbonyl (C=O) groups is 2. The van der Waals surface area contributed by atoms with Gasteiger partial charge < -0.3 is 9.80 Å². The lowest BCUT2D eigenvalue weighted by Crippen LogP contribution is -2.57. The molecule has 132 valence electrons. The molecule has 0 bridgehead atoms. The Bertz CT molecular complexity index is 471. The average molecular weight is 343 g/mol. The van der Waals surface area contributed by atoms with Crippen molar-refractivity contribution < 1.29 is 13.8 Å². The van der Waals surface area contributed by atoms with Crippen LogP contribution in [0, 0.1) is 0 Å². The normalized spacial score (nSPS) is 25.4. The van der Waals surface area contributed by atoms with E-state index < -0.39 is 10.8 Å². The van der Waals surface area contributed by atoms with E-state index in [-0.39, 0.29) is 16.6 Å². The summed E-state index contributed by atoms with van der Waals surface area (Å²) >= 11 is 0. The Balaban J connectivity index is 1.88. The van der Waals surface area contributed by atoms with Gasteiger partial charge in [-0.3, -0.25) is 18.7 Å². The molecule has 0 aliphatic carbocycles. The minimum absolute atomic E-state index is 0.0753. The number of piperazine rings is 1. The Kier molecular flexibility index (Phi) is 6.19. The predicted molar refractivity (Wildman–Crippen MR) is 91.6 cm³/mol. The molecule has 7 heteroatoms. The van der Waals surface area contributed by atoms with Crippen LogP contribution in [0.2, 0.25) is 0 Å². The van der Waals surface area contributed by atoms with E-state index in [4.69, 9.17) is 0 Å². The molecule has 2 fully saturated rings. The van der Waals surface area contributed by atoms with Crippen molar-refractivity contribution in [2.24, 2.45) is 0 Å². The molecule has 0 radical (unpaired) electrons. The predicted octanol–water partition coefficient (Wildman–Crippen LogP) is 0.300. The molecule has 23 heavy (non-hydrogen) atoms. The molecule has 0 aromatic rings. The number of amides is 2. The highest BCUT2D eigenvalue weighted by molar-refractivity contribution is 7.86. The van der Waals surface area contributed by atoms with Crippen molar-refractivity contribution in [2.45, 2.75) is 38.4 Å². The first-order chi connectivity index (χ1) is 10.9. The average Bonchev–Trinajstić information content (AvgIpc) is 2.56. The maximum absolute atomic E-state index is 12.5. The summed E-state index contributed by atoms with van der Waals surface area (Å²) in [5.74, 6) is 0.862. The molecular formula is C16H29N3O3S. The molecule has 2 rings (SSSR count). The second-order valence-electron chi connectivity index (χ2n) is 6.54. The van der Waals surface area contributed by atoms with Gasteiger partial charge in [-0.15, -0.1) is 0 Å². The second-order valence-corrected chi connectivity index (χ2v) is 8.50. The Morgan fingerprint density at radius 3 is 2.09 bits per heavy atom. The van der Waals surface area contributed by atoms with E-state index in [9.17, 15) is 13.8 Å². The largest absolute Gasteiger partial charge is 0.339 e. The van der Waals surface area contributed by atoms with Crippen LogP contribution in [-0.4, -0.2) is 87.0 Å². The van der Waals surface area contributed by atoms with Gasteiger partial charge in [-0.25, -0.2) is 0 Å². The molecule has 0 aromatic carbocycles. The molecule has 2 heterocycles. The van der Waals surface area contributed by atoms with Crippen LogP contribution in [0.5, 0.6) is 0 Å². The molecular weight excluding hydrogens is 314 g/mol. The molecule has 2 saturated heterocycles. The molecule has 0 spiro atoms. The van der Waals surface area contributed by atoms with Gasteiger partial charge in [0.1, 0.15) is 0 Å². The summed E-state index contributed by atoms with van der Waals surface area (Å²) in [5.41, 5.74) is 0. The summed E-state index contributed by atoms with van der Waals surface area (Å²) in [4.78, 5) is 29.7. The van der Waals surface area contributed by atoms with Crippen LogP contribution in [0.25, 0.3) is 0 Å². The molecule has 0 N–H and O–H groups in total. The topological polar surface area (TPSA) is 60.9 Å². The fraction of sp³-hybridized carbons (Fsp3) is 0.875. The van der Waals surface area contributed by atoms with E-state index in [0.717, 1.165) is 25.9 Å². The smallest absolute Gasteiger partial charge is 0.236 e. The highest BCUT2D eigenvalue weighted by atomic mass is 32.2. The monoisotopic (exact) mass is 343 g/mol. The number of nitrogens with zero attached hydrogens (tertiary/aromatic N) is 3. The third-order valence-corrected chi connectivity index (χ3v) is 7.54. The highest BCUT2D eigenvalue weighted by Crippen LogP contribution is 2.28. The van der Waals surface area contributed by atoms with E-state index in [0.29, 0.717) is 38.5 Å². The van der Waals surface area contributed by atoms with Gasteiger partial charge in [0, 0.05) is 62.7 Å². The molecule has 0 saturated carbocycles. The number of rotatable bonds is 4. The lowest BCUT2D eigenvalue weighted by atomic mass is 10.0. The van der Waals surface area contributed by atoms with Crippen LogP contribution in [0.4, 0.5) is 0 Å². The lowest BCUT2D eigenvalue weighted by molar-refractivity contribution is -0.139. The zero-order chi connectivity index (χ0) is 17.0. The van der Waals surface area contributed by atoms with Crippen molar-refractivity contribution in [3.63, 3.8) is 0 Å². The second kappa shape index (κ2) is 7.75. The summed E-state index contributed by atoms with van der Waals surface area (Å²) in [6.45, 7) is 10.1. The Hall–Kier alpha value is -0.950. The van der Waals surface area contributed by atoms with Crippen molar-refractivity contribution in [3.05, 3.63) is 0 Å². The molecule has 1 atom stereocenters. The van der Waals surface area contributed by atoms with Crippen LogP contribution in [0.1, 0.15) is 33.6 Å². The van der Waals surface area contributed by atoms with Crippen molar-refractivity contribution in [2.75, 3.05) is 51.6 Å². The quantitative estimate of drug-likeness (QED) is 0.737. The lowest BCUT2D eigenvalue weighted by Gasteiger charge is -2.42. The summed E-state index contributed by atoms with van der Waals surface area (Å²) in [6, 6.07) is 0. The summed E-state index contributed by atoms with van der Waals surface area (Å²) in [5, 5.41) is 0. The first-order valence-corrected chi connectivity index (χ1v) is 9.88. The van der Waals surface area contributed by atoms with Gasteiger partial charge in [-0.05, 0) is 12.8 Å². The fourth-order valence-electron chi connectivity index (χ4n) is 3.48. The summed E-state index contributed by atoms with van der Waals surface area (Å²) in [7, 11) is -0.798. The van der Waals surface area contributed by atoms with E-state index in [1.165, 1.54) is 0 Å². The van der Waals surface area contributed by atoms with Gasteiger partial charge in [0.05, 0.1) is 11.3 Å². The van der Waals surface area contributed by atoms with Gasteiger partial charge in [-0.1, -0.05) is 13.8 Å². The highest BCUT2D eigenvalue weighted by Gasteiger charge is 2.39. The fourth-order valence-corrected chi connectivity index (χ4v) is 5.31. The summed E-state index contributed by atoms with van der Waals surface area (Å²) < 4.78 is 12.2. The minimum atomic E-state index is -0.798. The number of hydrogen-bond acceptors (Lipinski definition) is 4. The Morgan fingerprint density at radius 1 is 1.00 bits per heavy atom. The van der Waals surface area contributed by atoms with Gasteiger partial charge in [0.15, 0.2) is 0 Å². The van der Waals surface area contributed by atoms with Crippen LogP contribution in [0.3, 0.4) is 0 Å². The minimum Gasteiger partial charge on any atom is -0.339 e. The van der Waals surface area contributed by atoms with Gasteiger partial charge in [-0.2, -0.15) is 0 Å². The van der Waals surface area contributed by atoms with Crippen molar-refractivity contribution in [3.8, 4) is 0 Å². The van der Waals surface area contributed by atoms with E-state index >= 15 is 0 Å². The van der Waals surface area contributed by atoms with Crippen LogP contribution < -0.4 is 0 Å². The number of carbonyl (C=O) groups excluding carboxylic acids is 2. The van der Waals surface area contributed by atoms with Gasteiger partial charge >= 0.3 is 0 Å². The molecule has 2 aliphatic heterocycles. The Labute approximate surface area is 141 Å². The first-order valence-electron chi connectivity index (χ1n) is 8.56. The molecule has 1 unspecified atom stereocenters. The zero-order valence-corrected chi connectivity index (χ0v) is 15.4. The molecule has 6 nitrogen and oxygen atoms in total. The Morgan fingerprint density at radius 2 is 1.57 bits per heavy atom. The van der Waals surface area contributed by atoms with E-state index in [2.05, 4.69) is 18.7 Å².